The zero-order valence-electron chi connectivity index (χ0n) is 43.4. The smallest absolute Gasteiger partial charge is 0.317 e. The van der Waals surface area contributed by atoms with Gasteiger partial charge in [0.2, 0.25) is 35.4 Å². The minimum atomic E-state index is -1.04. The van der Waals surface area contributed by atoms with E-state index in [0.717, 1.165) is 16.7 Å². The van der Waals surface area contributed by atoms with Gasteiger partial charge in [0.15, 0.2) is 0 Å². The molecule has 3 aliphatic heterocycles. The number of primary amides is 1. The Morgan fingerprint density at radius 2 is 1.15 bits per heavy atom. The van der Waals surface area contributed by atoms with Crippen molar-refractivity contribution in [2.45, 2.75) is 83.1 Å². The summed E-state index contributed by atoms with van der Waals surface area (Å²) < 4.78 is 0. The minimum Gasteiger partial charge on any atom is -0.480 e. The van der Waals surface area contributed by atoms with Crippen LogP contribution in [0, 0.1) is 11.8 Å². The van der Waals surface area contributed by atoms with Gasteiger partial charge in [0.05, 0.1) is 32.7 Å². The number of carboxylic acid groups (broad SMARTS) is 3. The highest BCUT2D eigenvalue weighted by Crippen LogP contribution is 2.23. The van der Waals surface area contributed by atoms with E-state index in [1.54, 1.807) is 31.4 Å². The largest absolute Gasteiger partial charge is 0.480 e. The van der Waals surface area contributed by atoms with Crippen molar-refractivity contribution in [3.63, 3.8) is 0 Å². The van der Waals surface area contributed by atoms with Crippen molar-refractivity contribution < 1.29 is 58.5 Å². The standard InChI is InChI=1S/C49H79N11O12S2/c1-5-34(4)46-49(72)53-39(47(50)70)32-74-31-37-22-35(21-36(23-37)30-73-19-6-40(61)51-24-41(62)52-38(20-33(2)3)48(71)54-46)25-55-15-17-60(18-16-55)42(63)26-56-7-9-57(27-43(64)65)11-13-59(29-45(68)69)14-12-58(10-8-56)28-44(66)67/h21-23,33-34,38-39,46H,5-20,24-32H2,1-4H3,(H2,50,70)(H,51,61)(H,52,62)(H,53,72)(H,54,71)(H,64,65)(H,66,67)(H,68,69)/t34-,38-,39-,46-/m0/s1. The van der Waals surface area contributed by atoms with Crippen molar-refractivity contribution in [2.75, 3.05) is 123 Å². The number of amides is 6. The number of benzene rings is 1. The van der Waals surface area contributed by atoms with E-state index in [1.165, 1.54) is 11.8 Å². The molecule has 1 aromatic carbocycles. The van der Waals surface area contributed by atoms with Crippen LogP contribution in [-0.4, -0.2) is 239 Å². The first kappa shape index (κ1) is 61.5. The Hall–Kier alpha value is -5.05. The lowest BCUT2D eigenvalue weighted by molar-refractivity contribution is -0.141. The van der Waals surface area contributed by atoms with E-state index in [-0.39, 0.29) is 94.7 Å². The fourth-order valence-electron chi connectivity index (χ4n) is 8.86. The number of rotatable bonds is 15. The van der Waals surface area contributed by atoms with Gasteiger partial charge in [-0.1, -0.05) is 52.3 Å². The molecule has 0 unspecified atom stereocenters. The monoisotopic (exact) mass is 1080 g/mol. The molecule has 9 N–H and O–H groups in total. The van der Waals surface area contributed by atoms with Crippen LogP contribution >= 0.6 is 23.5 Å². The van der Waals surface area contributed by atoms with Crippen LogP contribution in [0.3, 0.4) is 0 Å². The number of carboxylic acids is 3. The van der Waals surface area contributed by atoms with E-state index < -0.39 is 59.7 Å². The van der Waals surface area contributed by atoms with Crippen molar-refractivity contribution >= 4 is 76.9 Å². The highest BCUT2D eigenvalue weighted by Gasteiger charge is 2.33. The number of nitrogens with two attached hydrogens (primary N) is 1. The van der Waals surface area contributed by atoms with E-state index in [2.05, 4.69) is 44.4 Å². The lowest BCUT2D eigenvalue weighted by Crippen LogP contribution is -2.59. The van der Waals surface area contributed by atoms with Gasteiger partial charge < -0.3 is 47.2 Å². The normalized spacial score (nSPS) is 22.8. The van der Waals surface area contributed by atoms with Crippen LogP contribution in [0.4, 0.5) is 0 Å². The Bertz CT molecular complexity index is 2050. The molecular formula is C49H79N11O12S2. The summed E-state index contributed by atoms with van der Waals surface area (Å²) in [6.45, 7) is 11.5. The van der Waals surface area contributed by atoms with Gasteiger partial charge in [0.1, 0.15) is 18.1 Å². The molecule has 2 bridgehead atoms. The summed E-state index contributed by atoms with van der Waals surface area (Å²) in [4.78, 5) is 126. The van der Waals surface area contributed by atoms with E-state index in [9.17, 15) is 58.5 Å². The second-order valence-corrected chi connectivity index (χ2v) is 21.9. The van der Waals surface area contributed by atoms with Crippen LogP contribution < -0.4 is 27.0 Å². The summed E-state index contributed by atoms with van der Waals surface area (Å²) in [6.07, 6.45) is 0.986. The second-order valence-electron chi connectivity index (χ2n) is 19.8. The average molecular weight is 1080 g/mol. The molecule has 74 heavy (non-hydrogen) atoms. The first-order chi connectivity index (χ1) is 35.2. The van der Waals surface area contributed by atoms with Gasteiger partial charge in [-0.05, 0) is 34.9 Å². The summed E-state index contributed by atoms with van der Waals surface area (Å²) in [5.41, 5.74) is 8.85. The molecule has 25 heteroatoms. The fraction of sp³-hybridized carbons (Fsp3) is 0.694. The van der Waals surface area contributed by atoms with E-state index in [0.29, 0.717) is 89.0 Å². The van der Waals surface area contributed by atoms with Crippen molar-refractivity contribution in [1.29, 1.82) is 0 Å². The van der Waals surface area contributed by atoms with Crippen LogP contribution in [-0.2, 0) is 61.2 Å². The van der Waals surface area contributed by atoms with Crippen molar-refractivity contribution in [1.82, 2.24) is 50.7 Å². The van der Waals surface area contributed by atoms with E-state index >= 15 is 0 Å². The van der Waals surface area contributed by atoms with Crippen LogP contribution in [0.2, 0.25) is 0 Å². The third-order valence-electron chi connectivity index (χ3n) is 13.2. The maximum Gasteiger partial charge on any atom is 0.317 e. The molecule has 23 nitrogen and oxygen atoms in total. The van der Waals surface area contributed by atoms with Gasteiger partial charge in [-0.3, -0.25) is 67.7 Å². The Labute approximate surface area is 442 Å². The quantitative estimate of drug-likeness (QED) is 0.103. The van der Waals surface area contributed by atoms with Gasteiger partial charge in [-0.2, -0.15) is 23.5 Å². The zero-order chi connectivity index (χ0) is 54.3. The molecule has 4 atom stereocenters. The van der Waals surface area contributed by atoms with Crippen LogP contribution in [0.1, 0.15) is 63.6 Å². The molecule has 2 saturated heterocycles. The number of hydrogen-bond donors (Lipinski definition) is 8. The Morgan fingerprint density at radius 1 is 0.649 bits per heavy atom. The van der Waals surface area contributed by atoms with Crippen molar-refractivity contribution in [3.8, 4) is 0 Å². The number of piperazine rings is 1. The number of aliphatic carboxylic acids is 3. The van der Waals surface area contributed by atoms with Gasteiger partial charge in [0.25, 0.3) is 0 Å². The summed E-state index contributed by atoms with van der Waals surface area (Å²) in [5.74, 6) is -4.47. The molecule has 4 rings (SSSR count). The molecule has 0 saturated carbocycles. The molecule has 0 aliphatic carbocycles. The second kappa shape index (κ2) is 31.7. The molecule has 3 heterocycles. The lowest BCUT2D eigenvalue weighted by Gasteiger charge is -2.37. The van der Waals surface area contributed by atoms with Crippen LogP contribution in [0.15, 0.2) is 18.2 Å². The van der Waals surface area contributed by atoms with E-state index in [4.69, 9.17) is 5.73 Å². The maximum atomic E-state index is 13.9. The summed E-state index contributed by atoms with van der Waals surface area (Å²) >= 11 is 2.99. The van der Waals surface area contributed by atoms with Crippen LogP contribution in [0.5, 0.6) is 0 Å². The number of fused-ring (bicyclic) bond motifs is 2. The fourth-order valence-corrected chi connectivity index (χ4v) is 10.7. The summed E-state index contributed by atoms with van der Waals surface area (Å²) in [7, 11) is 0. The lowest BCUT2D eigenvalue weighted by atomic mass is 9.96. The minimum absolute atomic E-state index is 0.0164. The topological polar surface area (TPSA) is 308 Å². The summed E-state index contributed by atoms with van der Waals surface area (Å²) in [6, 6.07) is 3.26. The predicted molar refractivity (Wildman–Crippen MR) is 281 cm³/mol. The number of carbonyl (C=O) groups is 9. The molecule has 2 fully saturated rings. The van der Waals surface area contributed by atoms with E-state index in [1.807, 2.05) is 32.6 Å². The number of nitrogens with one attached hydrogen (secondary N) is 4. The van der Waals surface area contributed by atoms with Crippen molar-refractivity contribution in [3.05, 3.63) is 34.9 Å². The molecule has 0 spiro atoms. The molecule has 3 aliphatic rings. The van der Waals surface area contributed by atoms with Gasteiger partial charge >= 0.3 is 17.9 Å². The molecular weight excluding hydrogens is 999 g/mol. The third kappa shape index (κ3) is 22.8. The molecule has 1 aromatic rings. The number of nitrogens with zero attached hydrogens (tertiary/aromatic N) is 6. The first-order valence-electron chi connectivity index (χ1n) is 25.5. The highest BCUT2D eigenvalue weighted by atomic mass is 32.2. The van der Waals surface area contributed by atoms with Gasteiger partial charge in [0, 0.05) is 115 Å². The number of thioether (sulfide) groups is 2. The SMILES string of the molecule is CC[C@H](C)[C@@H]1NC(=O)[C@H](CC(C)C)NC(=O)CNC(=O)CCSCc2cc(cc(CN3CCN(C(=O)CN4CCN(CC(=O)O)CCN(CC(=O)O)CCN(CC(=O)O)CC4)CC3)c2)CSC[C@@H](C(N)=O)NC1=O. The van der Waals surface area contributed by atoms with Gasteiger partial charge in [-0.25, -0.2) is 0 Å². The van der Waals surface area contributed by atoms with Gasteiger partial charge in [-0.15, -0.1) is 0 Å². The highest BCUT2D eigenvalue weighted by molar-refractivity contribution is 7.98. The summed E-state index contributed by atoms with van der Waals surface area (Å²) in [5, 5.41) is 39.6. The van der Waals surface area contributed by atoms with Crippen molar-refractivity contribution in [2.24, 2.45) is 17.6 Å². The van der Waals surface area contributed by atoms with Crippen LogP contribution in [0.25, 0.3) is 0 Å². The zero-order valence-corrected chi connectivity index (χ0v) is 45.0. The Morgan fingerprint density at radius 3 is 1.64 bits per heavy atom. The average Bonchev–Trinajstić information content (AvgIpc) is 3.33. The third-order valence-corrected chi connectivity index (χ3v) is 15.3. The molecule has 0 aromatic heterocycles. The number of hydrogen-bond acceptors (Lipinski definition) is 16. The maximum absolute atomic E-state index is 13.9. The predicted octanol–water partition coefficient (Wildman–Crippen LogP) is -1.18. The Kier molecular flexibility index (Phi) is 26.4. The molecule has 0 radical (unpaired) electrons. The number of carbonyl (C=O) groups excluding carboxylic acids is 6. The molecule has 6 amide bonds. The first-order valence-corrected chi connectivity index (χ1v) is 27.8. The molecule has 414 valence electrons. The Balaban J connectivity index is 1.45.